The normalized spacial score (nSPS) is 15.4. The molecular weight excluding hydrogens is 594 g/mol. The lowest BCUT2D eigenvalue weighted by atomic mass is 9.97. The Balaban J connectivity index is 1.29. The van der Waals surface area contributed by atoms with Gasteiger partial charge in [0.1, 0.15) is 5.69 Å². The van der Waals surface area contributed by atoms with Crippen LogP contribution >= 0.6 is 15.9 Å². The van der Waals surface area contributed by atoms with E-state index in [1.54, 1.807) is 10.9 Å². The van der Waals surface area contributed by atoms with Crippen molar-refractivity contribution in [2.24, 2.45) is 0 Å². The molecule has 10 nitrogen and oxygen atoms in total. The summed E-state index contributed by atoms with van der Waals surface area (Å²) in [5, 5.41) is 13.8. The average Bonchev–Trinajstić information content (AvgIpc) is 3.62. The van der Waals surface area contributed by atoms with Crippen LogP contribution in [0.2, 0.25) is 0 Å². The van der Waals surface area contributed by atoms with Crippen LogP contribution in [0.1, 0.15) is 90.8 Å². The number of hydrogen-bond acceptors (Lipinski definition) is 7. The second-order valence-corrected chi connectivity index (χ2v) is 12.9. The third kappa shape index (κ3) is 5.89. The first-order valence-corrected chi connectivity index (χ1v) is 15.3. The number of carbonyl (C=O) groups is 1. The van der Waals surface area contributed by atoms with Gasteiger partial charge < -0.3 is 4.90 Å². The topological polar surface area (TPSA) is 97.9 Å². The van der Waals surface area contributed by atoms with Crippen LogP contribution in [0.5, 0.6) is 0 Å². The van der Waals surface area contributed by atoms with Crippen molar-refractivity contribution in [3.63, 3.8) is 0 Å². The third-order valence-electron chi connectivity index (χ3n) is 8.25. The molecule has 0 unspecified atom stereocenters. The van der Waals surface area contributed by atoms with Gasteiger partial charge >= 0.3 is 0 Å². The summed E-state index contributed by atoms with van der Waals surface area (Å²) in [6.45, 7) is 19.3. The van der Waals surface area contributed by atoms with Crippen LogP contribution in [0, 0.1) is 20.8 Å². The zero-order chi connectivity index (χ0) is 30.3. The van der Waals surface area contributed by atoms with E-state index in [0.29, 0.717) is 24.6 Å². The molecule has 0 spiro atoms. The Labute approximate surface area is 256 Å². The molecule has 1 aliphatic heterocycles. The van der Waals surface area contributed by atoms with Gasteiger partial charge in [-0.15, -0.1) is 5.10 Å². The molecule has 1 aliphatic rings. The number of benzene rings is 1. The molecule has 4 heterocycles. The fraction of sp³-hybridized carbons (Fsp3) is 0.484. The van der Waals surface area contributed by atoms with Gasteiger partial charge in [0.25, 0.3) is 11.9 Å². The quantitative estimate of drug-likeness (QED) is 0.270. The van der Waals surface area contributed by atoms with Crippen LogP contribution in [0.4, 0.5) is 0 Å². The highest BCUT2D eigenvalue weighted by atomic mass is 79.9. The lowest BCUT2D eigenvalue weighted by Crippen LogP contribution is -2.54. The number of carbonyl (C=O) groups excluding carboxylic acids is 1. The molecule has 222 valence electrons. The first kappa shape index (κ1) is 30.0. The summed E-state index contributed by atoms with van der Waals surface area (Å²) in [5.41, 5.74) is 6.06. The number of hydrogen-bond donors (Lipinski definition) is 0. The van der Waals surface area contributed by atoms with Crippen LogP contribution in [0.3, 0.4) is 0 Å². The molecule has 4 aromatic rings. The van der Waals surface area contributed by atoms with Gasteiger partial charge in [0.15, 0.2) is 0 Å². The van der Waals surface area contributed by atoms with E-state index in [2.05, 4.69) is 107 Å². The first-order valence-electron chi connectivity index (χ1n) is 14.5. The summed E-state index contributed by atoms with van der Waals surface area (Å²) in [5.74, 6) is 0.566. The van der Waals surface area contributed by atoms with Crippen molar-refractivity contribution in [3.05, 3.63) is 80.6 Å². The Hall–Kier alpha value is -3.44. The first-order chi connectivity index (χ1) is 19.8. The smallest absolute Gasteiger partial charge is 0.257 e. The summed E-state index contributed by atoms with van der Waals surface area (Å²) in [6.07, 6.45) is 3.84. The molecule has 1 fully saturated rings. The minimum Gasteiger partial charge on any atom is -0.336 e. The fourth-order valence-corrected chi connectivity index (χ4v) is 5.77. The Morgan fingerprint density at radius 2 is 1.62 bits per heavy atom. The molecule has 1 atom stereocenters. The molecule has 3 aromatic heterocycles. The van der Waals surface area contributed by atoms with Gasteiger partial charge in [-0.25, -0.2) is 19.3 Å². The number of rotatable bonds is 7. The Bertz CT molecular complexity index is 1580. The second-order valence-electron chi connectivity index (χ2n) is 12.1. The number of halogens is 1. The fourth-order valence-electron chi connectivity index (χ4n) is 5.52. The molecule has 11 heteroatoms. The number of aryl methyl sites for hydroxylation is 3. The predicted molar refractivity (Wildman–Crippen MR) is 166 cm³/mol. The zero-order valence-corrected chi connectivity index (χ0v) is 27.3. The highest BCUT2D eigenvalue weighted by molar-refractivity contribution is 9.10. The molecular formula is C31H40BrN9O. The van der Waals surface area contributed by atoms with Gasteiger partial charge in [0, 0.05) is 48.2 Å². The Morgan fingerprint density at radius 3 is 2.24 bits per heavy atom. The summed E-state index contributed by atoms with van der Waals surface area (Å²) in [7, 11) is 0. The van der Waals surface area contributed by atoms with Crippen molar-refractivity contribution in [3.8, 4) is 5.95 Å². The van der Waals surface area contributed by atoms with E-state index in [9.17, 15) is 4.79 Å². The maximum atomic E-state index is 13.8. The van der Waals surface area contributed by atoms with Crippen molar-refractivity contribution in [1.82, 2.24) is 44.5 Å². The second kappa shape index (κ2) is 11.7. The summed E-state index contributed by atoms with van der Waals surface area (Å²) in [4.78, 5) is 27.2. The lowest BCUT2D eigenvalue weighted by molar-refractivity contribution is 0.0377. The van der Waals surface area contributed by atoms with E-state index in [-0.39, 0.29) is 23.4 Å². The van der Waals surface area contributed by atoms with Crippen molar-refractivity contribution in [2.45, 2.75) is 72.9 Å². The van der Waals surface area contributed by atoms with Crippen LogP contribution in [0.15, 0.2) is 41.1 Å². The monoisotopic (exact) mass is 633 g/mol. The van der Waals surface area contributed by atoms with Crippen molar-refractivity contribution in [1.29, 1.82) is 0 Å². The highest BCUT2D eigenvalue weighted by Crippen LogP contribution is 2.30. The molecule has 0 saturated carbocycles. The maximum Gasteiger partial charge on any atom is 0.257 e. The van der Waals surface area contributed by atoms with Gasteiger partial charge in [-0.3, -0.25) is 9.69 Å². The predicted octanol–water partition coefficient (Wildman–Crippen LogP) is 5.37. The number of piperazine rings is 1. The SMILES string of the molecule is Cc1cc(C)nc(-n2cc(C(=O)N3CCN(C(C)(C)c4cn([C@H](C)c5ccc(Br)c(C)c5)nn4)CC3)c(C(C)C)n2)n1. The summed E-state index contributed by atoms with van der Waals surface area (Å²) in [6, 6.07) is 8.37. The highest BCUT2D eigenvalue weighted by Gasteiger charge is 2.36. The summed E-state index contributed by atoms with van der Waals surface area (Å²) < 4.78 is 4.67. The van der Waals surface area contributed by atoms with Crippen LogP contribution in [-0.2, 0) is 5.54 Å². The van der Waals surface area contributed by atoms with Gasteiger partial charge in [-0.1, -0.05) is 47.1 Å². The van der Waals surface area contributed by atoms with Crippen molar-refractivity contribution < 1.29 is 4.79 Å². The molecule has 0 N–H and O–H groups in total. The minimum absolute atomic E-state index is 0.00339. The van der Waals surface area contributed by atoms with Gasteiger partial charge in [-0.2, -0.15) is 5.10 Å². The van der Waals surface area contributed by atoms with E-state index < -0.39 is 0 Å². The number of aromatic nitrogens is 7. The Kier molecular flexibility index (Phi) is 8.35. The molecule has 1 amide bonds. The molecule has 0 bridgehead atoms. The molecule has 1 aromatic carbocycles. The Morgan fingerprint density at radius 1 is 0.952 bits per heavy atom. The van der Waals surface area contributed by atoms with Crippen molar-refractivity contribution in [2.75, 3.05) is 26.2 Å². The maximum absolute atomic E-state index is 13.8. The lowest BCUT2D eigenvalue weighted by Gasteiger charge is -2.43. The van der Waals surface area contributed by atoms with E-state index in [4.69, 9.17) is 5.10 Å². The van der Waals surface area contributed by atoms with Crippen LogP contribution < -0.4 is 0 Å². The van der Waals surface area contributed by atoms with Gasteiger partial charge in [0.2, 0.25) is 0 Å². The average molecular weight is 635 g/mol. The molecule has 0 aliphatic carbocycles. The largest absolute Gasteiger partial charge is 0.336 e. The zero-order valence-electron chi connectivity index (χ0n) is 25.8. The molecule has 5 rings (SSSR count). The molecule has 1 saturated heterocycles. The summed E-state index contributed by atoms with van der Waals surface area (Å²) >= 11 is 3.59. The van der Waals surface area contributed by atoms with E-state index in [1.165, 1.54) is 11.1 Å². The molecule has 0 radical (unpaired) electrons. The van der Waals surface area contributed by atoms with E-state index in [0.717, 1.165) is 40.3 Å². The van der Waals surface area contributed by atoms with Gasteiger partial charge in [0.05, 0.1) is 29.0 Å². The standard InChI is InChI=1S/C31H40BrN9O/c1-19(2)28-25(17-41(36-28)30-33-21(4)16-22(5)34-30)29(42)38-11-13-39(14-12-38)31(7,8)27-18-40(37-35-27)23(6)24-9-10-26(32)20(3)15-24/h9-10,15-19,23H,11-14H2,1-8H3/t23-/m1/s1. The van der Waals surface area contributed by atoms with E-state index in [1.807, 2.05) is 29.5 Å². The molecule has 42 heavy (non-hydrogen) atoms. The number of nitrogens with zero attached hydrogens (tertiary/aromatic N) is 9. The van der Waals surface area contributed by atoms with Crippen molar-refractivity contribution >= 4 is 21.8 Å². The van der Waals surface area contributed by atoms with Crippen LogP contribution in [-0.4, -0.2) is 76.6 Å². The van der Waals surface area contributed by atoms with Crippen LogP contribution in [0.25, 0.3) is 5.95 Å². The third-order valence-corrected chi connectivity index (χ3v) is 9.14. The van der Waals surface area contributed by atoms with Gasteiger partial charge in [-0.05, 0) is 70.7 Å². The van der Waals surface area contributed by atoms with E-state index >= 15 is 0 Å². The number of amides is 1. The minimum atomic E-state index is -0.336.